The summed E-state index contributed by atoms with van der Waals surface area (Å²) >= 11 is 0. The van der Waals surface area contributed by atoms with E-state index in [-0.39, 0.29) is 0 Å². The third kappa shape index (κ3) is 2.22. The van der Waals surface area contributed by atoms with Crippen LogP contribution in [0.2, 0.25) is 0 Å². The quantitative estimate of drug-likeness (QED) is 0.642. The van der Waals surface area contributed by atoms with Gasteiger partial charge in [-0.25, -0.2) is 9.78 Å². The second-order valence-corrected chi connectivity index (χ2v) is 4.32. The molecule has 3 aromatic rings. The number of H-pyrrole nitrogens is 2. The molecule has 2 aromatic heterocycles. The Morgan fingerprint density at radius 1 is 1.33 bits per heavy atom. The van der Waals surface area contributed by atoms with Gasteiger partial charge in [0.15, 0.2) is 5.65 Å². The van der Waals surface area contributed by atoms with Crippen LogP contribution in [-0.2, 0) is 0 Å². The summed E-state index contributed by atoms with van der Waals surface area (Å²) in [6, 6.07) is 4.78. The number of imidazole rings is 1. The molecule has 0 saturated carbocycles. The molecule has 0 unspecified atom stereocenters. The number of amides is 1. The van der Waals surface area contributed by atoms with Crippen molar-refractivity contribution >= 4 is 17.1 Å². The van der Waals surface area contributed by atoms with Crippen LogP contribution in [-0.4, -0.2) is 33.0 Å². The summed E-state index contributed by atoms with van der Waals surface area (Å²) in [6.07, 6.45) is 1.40. The lowest BCUT2D eigenvalue weighted by atomic mass is 10.1. The molecule has 1 amide bonds. The summed E-state index contributed by atoms with van der Waals surface area (Å²) in [6.45, 7) is 0. The van der Waals surface area contributed by atoms with E-state index in [0.717, 1.165) is 0 Å². The second-order valence-electron chi connectivity index (χ2n) is 4.32. The summed E-state index contributed by atoms with van der Waals surface area (Å²) < 4.78 is 5.25. The molecule has 8 nitrogen and oxygen atoms in total. The average Bonchev–Trinajstić information content (AvgIpc) is 2.89. The molecule has 0 bridgehead atoms. The van der Waals surface area contributed by atoms with Gasteiger partial charge in [-0.15, -0.1) is 0 Å². The summed E-state index contributed by atoms with van der Waals surface area (Å²) in [5.74, 6) is 0.389. The molecule has 1 aromatic carbocycles. The Hall–Kier alpha value is -3.16. The van der Waals surface area contributed by atoms with E-state index in [1.165, 1.54) is 19.4 Å². The number of nitrogens with zero attached hydrogens (tertiary/aromatic N) is 2. The first-order valence-electron chi connectivity index (χ1n) is 6.02. The van der Waals surface area contributed by atoms with Crippen LogP contribution in [0.4, 0.5) is 0 Å². The maximum Gasteiger partial charge on any atom is 0.346 e. The van der Waals surface area contributed by atoms with Gasteiger partial charge in [-0.1, -0.05) is 0 Å². The van der Waals surface area contributed by atoms with Crippen LogP contribution < -0.4 is 16.2 Å². The number of nitrogens with two attached hydrogens (primary N) is 1. The van der Waals surface area contributed by atoms with Crippen LogP contribution in [0.1, 0.15) is 10.4 Å². The number of fused-ring (bicyclic) bond motifs is 1. The zero-order valence-electron chi connectivity index (χ0n) is 11.0. The van der Waals surface area contributed by atoms with E-state index in [1.54, 1.807) is 12.1 Å². The van der Waals surface area contributed by atoms with Crippen molar-refractivity contribution in [3.8, 4) is 17.1 Å². The van der Waals surface area contributed by atoms with Crippen molar-refractivity contribution in [1.29, 1.82) is 0 Å². The molecule has 3 rings (SSSR count). The van der Waals surface area contributed by atoms with Gasteiger partial charge in [0.05, 0.1) is 18.9 Å². The number of aromatic amines is 2. The fourth-order valence-electron chi connectivity index (χ4n) is 2.00. The summed E-state index contributed by atoms with van der Waals surface area (Å²) in [5.41, 5.74) is 6.72. The Morgan fingerprint density at radius 2 is 2.14 bits per heavy atom. The molecule has 0 aliphatic carbocycles. The average molecular weight is 285 g/mol. The molecule has 21 heavy (non-hydrogen) atoms. The molecule has 0 spiro atoms. The Kier molecular flexibility index (Phi) is 2.90. The number of carbonyl (C=O) groups is 1. The number of carbonyl (C=O) groups excluding carboxylic acids is 1. The van der Waals surface area contributed by atoms with E-state index >= 15 is 0 Å². The van der Waals surface area contributed by atoms with Crippen molar-refractivity contribution in [1.82, 2.24) is 19.9 Å². The molecule has 8 heteroatoms. The number of primary amides is 1. The molecule has 0 aliphatic heterocycles. The Morgan fingerprint density at radius 3 is 2.86 bits per heavy atom. The van der Waals surface area contributed by atoms with E-state index in [2.05, 4.69) is 19.9 Å². The monoisotopic (exact) mass is 285 g/mol. The van der Waals surface area contributed by atoms with Crippen molar-refractivity contribution in [2.24, 2.45) is 5.73 Å². The van der Waals surface area contributed by atoms with Gasteiger partial charge in [0.1, 0.15) is 17.1 Å². The molecule has 2 heterocycles. The number of ether oxygens (including phenoxy) is 1. The third-order valence-corrected chi connectivity index (χ3v) is 3.01. The number of nitrogens with one attached hydrogen (secondary N) is 2. The predicted octanol–water partition coefficient (Wildman–Crippen LogP) is 0.421. The summed E-state index contributed by atoms with van der Waals surface area (Å²) in [7, 11) is 1.48. The van der Waals surface area contributed by atoms with Crippen molar-refractivity contribution in [3.05, 3.63) is 40.4 Å². The van der Waals surface area contributed by atoms with E-state index < -0.39 is 11.6 Å². The van der Waals surface area contributed by atoms with Crippen LogP contribution in [0.15, 0.2) is 29.2 Å². The van der Waals surface area contributed by atoms with Gasteiger partial charge in [0.2, 0.25) is 5.91 Å². The number of benzene rings is 1. The van der Waals surface area contributed by atoms with E-state index in [1.807, 2.05) is 0 Å². The Labute approximate surface area is 118 Å². The van der Waals surface area contributed by atoms with Gasteiger partial charge in [0, 0.05) is 5.56 Å². The molecular weight excluding hydrogens is 274 g/mol. The second kappa shape index (κ2) is 4.75. The minimum absolute atomic E-state index is 0.335. The van der Waals surface area contributed by atoms with Crippen molar-refractivity contribution in [2.45, 2.75) is 0 Å². The number of hydrogen-bond donors (Lipinski definition) is 3. The van der Waals surface area contributed by atoms with Crippen LogP contribution in [0.25, 0.3) is 22.6 Å². The van der Waals surface area contributed by atoms with Gasteiger partial charge in [-0.3, -0.25) is 9.78 Å². The zero-order chi connectivity index (χ0) is 15.0. The van der Waals surface area contributed by atoms with Gasteiger partial charge < -0.3 is 15.5 Å². The highest BCUT2D eigenvalue weighted by atomic mass is 16.5. The smallest absolute Gasteiger partial charge is 0.346 e. The molecule has 0 aliphatic rings. The lowest BCUT2D eigenvalue weighted by molar-refractivity contribution is 0.1000. The Bertz CT molecular complexity index is 896. The van der Waals surface area contributed by atoms with Gasteiger partial charge in [0.25, 0.3) is 0 Å². The van der Waals surface area contributed by atoms with Crippen molar-refractivity contribution in [3.63, 3.8) is 0 Å². The minimum atomic E-state index is -0.544. The summed E-state index contributed by atoms with van der Waals surface area (Å²) in [4.78, 5) is 35.8. The van der Waals surface area contributed by atoms with Gasteiger partial charge >= 0.3 is 5.69 Å². The molecule has 106 valence electrons. The third-order valence-electron chi connectivity index (χ3n) is 3.01. The zero-order valence-corrected chi connectivity index (χ0v) is 11.0. The normalized spacial score (nSPS) is 10.7. The SMILES string of the molecule is COc1cc(C(N)=O)ccc1-c1nc2[nH]c(=O)ncc2[nH]1. The van der Waals surface area contributed by atoms with Crippen LogP contribution in [0.5, 0.6) is 5.75 Å². The highest BCUT2D eigenvalue weighted by molar-refractivity contribution is 5.94. The van der Waals surface area contributed by atoms with Gasteiger partial charge in [-0.05, 0) is 18.2 Å². The lowest BCUT2D eigenvalue weighted by Gasteiger charge is -2.07. The van der Waals surface area contributed by atoms with Crippen molar-refractivity contribution in [2.75, 3.05) is 7.11 Å². The predicted molar refractivity (Wildman–Crippen MR) is 75.0 cm³/mol. The van der Waals surface area contributed by atoms with E-state index in [4.69, 9.17) is 10.5 Å². The fraction of sp³-hybridized carbons (Fsp3) is 0.0769. The number of methoxy groups -OCH3 is 1. The highest BCUT2D eigenvalue weighted by Crippen LogP contribution is 2.29. The van der Waals surface area contributed by atoms with E-state index in [0.29, 0.717) is 33.9 Å². The first-order chi connectivity index (χ1) is 10.1. The number of aromatic nitrogens is 4. The minimum Gasteiger partial charge on any atom is -0.496 e. The number of hydrogen-bond acceptors (Lipinski definition) is 5. The molecular formula is C13H11N5O3. The maximum absolute atomic E-state index is 11.2. The van der Waals surface area contributed by atoms with Crippen LogP contribution in [0.3, 0.4) is 0 Å². The van der Waals surface area contributed by atoms with E-state index in [9.17, 15) is 9.59 Å². The number of rotatable bonds is 3. The van der Waals surface area contributed by atoms with Crippen molar-refractivity contribution < 1.29 is 9.53 Å². The first kappa shape index (κ1) is 12.9. The topological polar surface area (TPSA) is 127 Å². The molecule has 0 atom stereocenters. The standard InChI is InChI=1S/C13H11N5O3/c1-21-9-4-6(10(14)19)2-3-7(9)11-16-8-5-15-13(20)18-12(8)17-11/h2-5H,1H3,(H2,14,19)(H2,15,16,17,18,20). The molecule has 0 saturated heterocycles. The molecule has 0 fully saturated rings. The summed E-state index contributed by atoms with van der Waals surface area (Å²) in [5, 5.41) is 0. The Balaban J connectivity index is 2.17. The maximum atomic E-state index is 11.2. The largest absolute Gasteiger partial charge is 0.496 e. The molecule has 0 radical (unpaired) electrons. The molecule has 4 N–H and O–H groups in total. The van der Waals surface area contributed by atoms with Gasteiger partial charge in [-0.2, -0.15) is 4.98 Å². The van der Waals surface area contributed by atoms with Crippen LogP contribution in [0, 0.1) is 0 Å². The lowest BCUT2D eigenvalue weighted by Crippen LogP contribution is -2.11. The highest BCUT2D eigenvalue weighted by Gasteiger charge is 2.13. The fourth-order valence-corrected chi connectivity index (χ4v) is 2.00. The first-order valence-corrected chi connectivity index (χ1v) is 6.02. The van der Waals surface area contributed by atoms with Crippen LogP contribution >= 0.6 is 0 Å².